The van der Waals surface area contributed by atoms with Gasteiger partial charge in [-0.1, -0.05) is 0 Å². The molecule has 0 aliphatic carbocycles. The van der Waals surface area contributed by atoms with Gasteiger partial charge in [-0.3, -0.25) is 14.9 Å². The van der Waals surface area contributed by atoms with Gasteiger partial charge in [-0.25, -0.2) is 0 Å². The Morgan fingerprint density at radius 2 is 1.75 bits per heavy atom. The van der Waals surface area contributed by atoms with Gasteiger partial charge in [0.2, 0.25) is 0 Å². The molecule has 0 spiro atoms. The number of rotatable bonds is 6. The molecule has 3 rings (SSSR count). The van der Waals surface area contributed by atoms with E-state index in [1.165, 1.54) is 38.5 Å². The van der Waals surface area contributed by atoms with Crippen LogP contribution in [0.3, 0.4) is 0 Å². The van der Waals surface area contributed by atoms with Gasteiger partial charge < -0.3 is 18.9 Å². The van der Waals surface area contributed by atoms with E-state index < -0.39 is 4.92 Å². The van der Waals surface area contributed by atoms with Crippen molar-refractivity contribution in [1.82, 2.24) is 0 Å². The summed E-state index contributed by atoms with van der Waals surface area (Å²) < 4.78 is 21.4. The van der Waals surface area contributed by atoms with E-state index in [2.05, 4.69) is 0 Å². The number of fused-ring (bicyclic) bond motifs is 1. The third kappa shape index (κ3) is 4.06. The second kappa shape index (κ2) is 8.43. The normalized spacial score (nSPS) is 13.1. The Kier molecular flexibility index (Phi) is 5.78. The van der Waals surface area contributed by atoms with E-state index in [0.717, 1.165) is 6.42 Å². The molecule has 0 aromatic heterocycles. The van der Waals surface area contributed by atoms with E-state index in [1.807, 2.05) is 0 Å². The highest BCUT2D eigenvalue weighted by Gasteiger charge is 2.18. The molecule has 28 heavy (non-hydrogen) atoms. The summed E-state index contributed by atoms with van der Waals surface area (Å²) in [6.07, 6.45) is 3.42. The zero-order valence-corrected chi connectivity index (χ0v) is 15.5. The fourth-order valence-electron chi connectivity index (χ4n) is 2.75. The van der Waals surface area contributed by atoms with Crippen LogP contribution in [0.4, 0.5) is 5.69 Å². The summed E-state index contributed by atoms with van der Waals surface area (Å²) in [7, 11) is 2.82. The molecule has 2 aromatic carbocycles. The molecule has 8 nitrogen and oxygen atoms in total. The Balaban J connectivity index is 1.90. The minimum Gasteiger partial charge on any atom is -0.493 e. The number of carbonyl (C=O) groups excluding carboxylic acids is 1. The van der Waals surface area contributed by atoms with Crippen molar-refractivity contribution in [3.05, 3.63) is 57.6 Å². The molecule has 0 N–H and O–H groups in total. The summed E-state index contributed by atoms with van der Waals surface area (Å²) in [6.45, 7) is 1.07. The molecule has 0 saturated heterocycles. The Morgan fingerprint density at radius 3 is 2.43 bits per heavy atom. The molecular formula is C20H19NO7. The first-order valence-electron chi connectivity index (χ1n) is 8.56. The average Bonchev–Trinajstić information content (AvgIpc) is 2.95. The number of nitrogens with zero attached hydrogens (tertiary/aromatic N) is 1. The molecule has 0 unspecified atom stereocenters. The fourth-order valence-corrected chi connectivity index (χ4v) is 2.75. The fraction of sp³-hybridized carbons (Fsp3) is 0.250. The van der Waals surface area contributed by atoms with Gasteiger partial charge in [0.1, 0.15) is 0 Å². The lowest BCUT2D eigenvalue weighted by atomic mass is 10.1. The number of methoxy groups -OCH3 is 2. The number of ketones is 1. The number of allylic oxidation sites excluding steroid dienone is 1. The number of carbonyl (C=O) groups is 1. The Morgan fingerprint density at radius 1 is 1.07 bits per heavy atom. The van der Waals surface area contributed by atoms with Crippen molar-refractivity contribution < 1.29 is 28.7 Å². The zero-order valence-electron chi connectivity index (χ0n) is 15.5. The van der Waals surface area contributed by atoms with Crippen molar-refractivity contribution in [3.8, 4) is 23.0 Å². The number of nitro benzene ring substituents is 1. The lowest BCUT2D eigenvalue weighted by molar-refractivity contribution is -0.385. The van der Waals surface area contributed by atoms with Gasteiger partial charge >= 0.3 is 0 Å². The smallest absolute Gasteiger partial charge is 0.280 e. The van der Waals surface area contributed by atoms with Gasteiger partial charge in [-0.15, -0.1) is 0 Å². The van der Waals surface area contributed by atoms with Crippen LogP contribution >= 0.6 is 0 Å². The molecule has 0 fully saturated rings. The van der Waals surface area contributed by atoms with E-state index >= 15 is 0 Å². The van der Waals surface area contributed by atoms with E-state index in [1.54, 1.807) is 18.2 Å². The minimum atomic E-state index is -0.542. The summed E-state index contributed by atoms with van der Waals surface area (Å²) in [5.74, 6) is 1.35. The van der Waals surface area contributed by atoms with Crippen LogP contribution in [0, 0.1) is 10.1 Å². The zero-order chi connectivity index (χ0) is 20.1. The second-order valence-corrected chi connectivity index (χ2v) is 5.93. The topological polar surface area (TPSA) is 97.1 Å². The van der Waals surface area contributed by atoms with Gasteiger partial charge in [0.15, 0.2) is 28.8 Å². The second-order valence-electron chi connectivity index (χ2n) is 5.93. The number of hydrogen-bond acceptors (Lipinski definition) is 7. The third-order valence-corrected chi connectivity index (χ3v) is 4.18. The number of nitro groups is 1. The third-order valence-electron chi connectivity index (χ3n) is 4.18. The summed E-state index contributed by atoms with van der Waals surface area (Å²) >= 11 is 0. The Hall–Kier alpha value is -3.55. The van der Waals surface area contributed by atoms with E-state index in [0.29, 0.717) is 36.0 Å². The maximum atomic E-state index is 12.5. The molecule has 2 aromatic rings. The molecule has 146 valence electrons. The lowest BCUT2D eigenvalue weighted by Gasteiger charge is -2.09. The lowest BCUT2D eigenvalue weighted by Crippen LogP contribution is -1.99. The van der Waals surface area contributed by atoms with Crippen LogP contribution in [0.25, 0.3) is 6.08 Å². The highest BCUT2D eigenvalue weighted by atomic mass is 16.6. The van der Waals surface area contributed by atoms with Gasteiger partial charge in [0.05, 0.1) is 44.0 Å². The van der Waals surface area contributed by atoms with E-state index in [9.17, 15) is 14.9 Å². The summed E-state index contributed by atoms with van der Waals surface area (Å²) in [5.41, 5.74) is 0.425. The molecule has 0 amide bonds. The molecule has 0 radical (unpaired) electrons. The SMILES string of the molecule is COc1cc(/C=C/C(=O)c2ccc3c(c2)OCCCO3)c([N+](=O)[O-])cc1OC. The van der Waals surface area contributed by atoms with Crippen LogP contribution in [0.1, 0.15) is 22.3 Å². The van der Waals surface area contributed by atoms with Crippen molar-refractivity contribution >= 4 is 17.5 Å². The largest absolute Gasteiger partial charge is 0.493 e. The first-order valence-corrected chi connectivity index (χ1v) is 8.56. The summed E-state index contributed by atoms with van der Waals surface area (Å²) in [6, 6.07) is 7.63. The average molecular weight is 385 g/mol. The summed E-state index contributed by atoms with van der Waals surface area (Å²) in [4.78, 5) is 23.4. The molecule has 1 heterocycles. The standard InChI is InChI=1S/C20H19NO7/c1-25-18-10-13(15(21(23)24)12-19(18)26-2)4-6-16(22)14-5-7-17-20(11-14)28-9-3-8-27-17/h4-7,10-12H,3,8-9H2,1-2H3/b6-4+. The van der Waals surface area contributed by atoms with E-state index in [4.69, 9.17) is 18.9 Å². The monoisotopic (exact) mass is 385 g/mol. The van der Waals surface area contributed by atoms with Crippen LogP contribution in [-0.2, 0) is 0 Å². The number of hydrogen-bond donors (Lipinski definition) is 0. The van der Waals surface area contributed by atoms with Crippen LogP contribution in [-0.4, -0.2) is 38.1 Å². The van der Waals surface area contributed by atoms with Crippen molar-refractivity contribution in [3.63, 3.8) is 0 Å². The van der Waals surface area contributed by atoms with E-state index in [-0.39, 0.29) is 22.8 Å². The summed E-state index contributed by atoms with van der Waals surface area (Å²) in [5, 5.41) is 11.4. The van der Waals surface area contributed by atoms with Gasteiger partial charge in [-0.2, -0.15) is 0 Å². The highest BCUT2D eigenvalue weighted by molar-refractivity contribution is 6.07. The van der Waals surface area contributed by atoms with Gasteiger partial charge in [-0.05, 0) is 36.4 Å². The van der Waals surface area contributed by atoms with Gasteiger partial charge in [0.25, 0.3) is 5.69 Å². The van der Waals surface area contributed by atoms with Crippen LogP contribution in [0.2, 0.25) is 0 Å². The minimum absolute atomic E-state index is 0.194. The Labute approximate surface area is 161 Å². The molecular weight excluding hydrogens is 366 g/mol. The van der Waals surface area contributed by atoms with Crippen molar-refractivity contribution in [2.75, 3.05) is 27.4 Å². The number of ether oxygens (including phenoxy) is 4. The first-order chi connectivity index (χ1) is 13.5. The van der Waals surface area contributed by atoms with Crippen molar-refractivity contribution in [2.24, 2.45) is 0 Å². The predicted octanol–water partition coefficient (Wildman–Crippen LogP) is 3.67. The molecule has 0 atom stereocenters. The molecule has 0 saturated carbocycles. The Bertz CT molecular complexity index is 936. The van der Waals surface area contributed by atoms with Crippen molar-refractivity contribution in [1.29, 1.82) is 0 Å². The molecule has 1 aliphatic rings. The predicted molar refractivity (Wildman–Crippen MR) is 102 cm³/mol. The van der Waals surface area contributed by atoms with Crippen LogP contribution in [0.5, 0.6) is 23.0 Å². The maximum Gasteiger partial charge on any atom is 0.280 e. The quantitative estimate of drug-likeness (QED) is 0.324. The van der Waals surface area contributed by atoms with Crippen LogP contribution in [0.15, 0.2) is 36.4 Å². The van der Waals surface area contributed by atoms with Crippen molar-refractivity contribution in [2.45, 2.75) is 6.42 Å². The molecule has 8 heteroatoms. The number of benzene rings is 2. The molecule has 0 bridgehead atoms. The maximum absolute atomic E-state index is 12.5. The first kappa shape index (κ1) is 19.2. The van der Waals surface area contributed by atoms with Crippen LogP contribution < -0.4 is 18.9 Å². The van der Waals surface area contributed by atoms with Gasteiger partial charge in [0, 0.05) is 12.0 Å². The highest BCUT2D eigenvalue weighted by Crippen LogP contribution is 2.35. The molecule has 1 aliphatic heterocycles.